The normalized spacial score (nSPS) is 10.5. The summed E-state index contributed by atoms with van der Waals surface area (Å²) in [4.78, 5) is 11.5. The van der Waals surface area contributed by atoms with Gasteiger partial charge in [-0.1, -0.05) is 24.3 Å². The van der Waals surface area contributed by atoms with Crippen LogP contribution < -0.4 is 4.74 Å². The molecule has 2 nitrogen and oxygen atoms in total. The highest BCUT2D eigenvalue weighted by molar-refractivity contribution is 6.08. The van der Waals surface area contributed by atoms with Gasteiger partial charge in [0, 0.05) is 10.9 Å². The minimum absolute atomic E-state index is 0.0123. The van der Waals surface area contributed by atoms with Crippen LogP contribution in [0.3, 0.4) is 0 Å². The number of rotatable bonds is 4. The second kappa shape index (κ2) is 4.95. The molecule has 2 aromatic carbocycles. The summed E-state index contributed by atoms with van der Waals surface area (Å²) in [5.74, 6) is 0.626. The first-order chi connectivity index (χ1) is 8.24. The second-order valence-corrected chi connectivity index (χ2v) is 3.75. The zero-order chi connectivity index (χ0) is 12.3. The Morgan fingerprint density at radius 2 is 1.88 bits per heavy atom. The molecule has 0 saturated carbocycles. The standard InChI is InChI=1S/C14H13FO2/c1-10(16)11-6-7-14(17-9-8-15)13-5-3-2-4-12(11)13/h2-7H,8-9H2,1H3. The van der Waals surface area contributed by atoms with Gasteiger partial charge >= 0.3 is 0 Å². The SMILES string of the molecule is CC(=O)c1ccc(OCCF)c2ccccc12. The van der Waals surface area contributed by atoms with Crippen LogP contribution in [0.1, 0.15) is 17.3 Å². The van der Waals surface area contributed by atoms with Crippen molar-refractivity contribution in [2.24, 2.45) is 0 Å². The lowest BCUT2D eigenvalue weighted by molar-refractivity contribution is 0.101. The van der Waals surface area contributed by atoms with Crippen LogP contribution in [0.2, 0.25) is 0 Å². The van der Waals surface area contributed by atoms with Crippen molar-refractivity contribution in [1.82, 2.24) is 0 Å². The maximum absolute atomic E-state index is 12.1. The van der Waals surface area contributed by atoms with Crippen LogP contribution in [-0.4, -0.2) is 19.1 Å². The fourth-order valence-corrected chi connectivity index (χ4v) is 1.85. The Hall–Kier alpha value is -1.90. The molecule has 0 spiro atoms. The predicted octanol–water partition coefficient (Wildman–Crippen LogP) is 3.39. The molecule has 2 rings (SSSR count). The summed E-state index contributed by atoms with van der Waals surface area (Å²) >= 11 is 0. The fourth-order valence-electron chi connectivity index (χ4n) is 1.85. The molecule has 0 aromatic heterocycles. The van der Waals surface area contributed by atoms with Crippen LogP contribution >= 0.6 is 0 Å². The highest BCUT2D eigenvalue weighted by Gasteiger charge is 2.09. The van der Waals surface area contributed by atoms with Gasteiger partial charge in [-0.05, 0) is 24.4 Å². The van der Waals surface area contributed by atoms with E-state index < -0.39 is 6.67 Å². The van der Waals surface area contributed by atoms with Crippen LogP contribution in [0.25, 0.3) is 10.8 Å². The van der Waals surface area contributed by atoms with Crippen LogP contribution in [0.5, 0.6) is 5.75 Å². The quantitative estimate of drug-likeness (QED) is 0.755. The average Bonchev–Trinajstić information content (AvgIpc) is 2.35. The van der Waals surface area contributed by atoms with Crippen molar-refractivity contribution >= 4 is 16.6 Å². The number of hydrogen-bond donors (Lipinski definition) is 0. The zero-order valence-corrected chi connectivity index (χ0v) is 9.57. The second-order valence-electron chi connectivity index (χ2n) is 3.75. The minimum atomic E-state index is -0.525. The Morgan fingerprint density at radius 3 is 2.53 bits per heavy atom. The van der Waals surface area contributed by atoms with Crippen molar-refractivity contribution in [1.29, 1.82) is 0 Å². The Kier molecular flexibility index (Phi) is 3.38. The number of fused-ring (bicyclic) bond motifs is 1. The lowest BCUT2D eigenvalue weighted by atomic mass is 10.0. The van der Waals surface area contributed by atoms with Gasteiger partial charge in [-0.15, -0.1) is 0 Å². The number of halogens is 1. The van der Waals surface area contributed by atoms with Gasteiger partial charge in [0.1, 0.15) is 19.0 Å². The largest absolute Gasteiger partial charge is 0.490 e. The van der Waals surface area contributed by atoms with E-state index in [9.17, 15) is 9.18 Å². The van der Waals surface area contributed by atoms with Crippen molar-refractivity contribution in [3.8, 4) is 5.75 Å². The van der Waals surface area contributed by atoms with E-state index in [1.54, 1.807) is 12.1 Å². The molecule has 88 valence electrons. The van der Waals surface area contributed by atoms with Crippen LogP contribution in [0, 0.1) is 0 Å². The van der Waals surface area contributed by atoms with Gasteiger partial charge in [0.2, 0.25) is 0 Å². The molecule has 0 fully saturated rings. The molecule has 0 aliphatic carbocycles. The Bertz CT molecular complexity index is 549. The topological polar surface area (TPSA) is 26.3 Å². The van der Waals surface area contributed by atoms with Crippen molar-refractivity contribution in [2.75, 3.05) is 13.3 Å². The monoisotopic (exact) mass is 232 g/mol. The molecular formula is C14H13FO2. The summed E-state index contributed by atoms with van der Waals surface area (Å²) < 4.78 is 17.4. The summed E-state index contributed by atoms with van der Waals surface area (Å²) in [7, 11) is 0. The zero-order valence-electron chi connectivity index (χ0n) is 9.57. The summed E-state index contributed by atoms with van der Waals surface area (Å²) in [6.45, 7) is 1.04. The summed E-state index contributed by atoms with van der Waals surface area (Å²) in [5.41, 5.74) is 0.660. The van der Waals surface area contributed by atoms with Gasteiger partial charge < -0.3 is 4.74 Å². The molecule has 0 N–H and O–H groups in total. The van der Waals surface area contributed by atoms with Crippen LogP contribution in [-0.2, 0) is 0 Å². The number of Topliss-reactive ketones (excluding diaryl/α,β-unsaturated/α-hetero) is 1. The van der Waals surface area contributed by atoms with E-state index >= 15 is 0 Å². The third-order valence-electron chi connectivity index (χ3n) is 2.60. The summed E-state index contributed by atoms with van der Waals surface area (Å²) in [5, 5.41) is 1.69. The number of carbonyl (C=O) groups is 1. The fraction of sp³-hybridized carbons (Fsp3) is 0.214. The summed E-state index contributed by atoms with van der Waals surface area (Å²) in [6, 6.07) is 10.9. The third-order valence-corrected chi connectivity index (χ3v) is 2.60. The highest BCUT2D eigenvalue weighted by Crippen LogP contribution is 2.28. The highest BCUT2D eigenvalue weighted by atomic mass is 19.1. The number of ether oxygens (including phenoxy) is 1. The lowest BCUT2D eigenvalue weighted by Crippen LogP contribution is -2.01. The molecule has 0 heterocycles. The van der Waals surface area contributed by atoms with E-state index in [1.165, 1.54) is 6.92 Å². The van der Waals surface area contributed by atoms with Crippen LogP contribution in [0.15, 0.2) is 36.4 Å². The molecule has 0 amide bonds. The van der Waals surface area contributed by atoms with Gasteiger partial charge in [0.25, 0.3) is 0 Å². The van der Waals surface area contributed by atoms with E-state index in [0.717, 1.165) is 10.8 Å². The van der Waals surface area contributed by atoms with Crippen molar-refractivity contribution < 1.29 is 13.9 Å². The first kappa shape index (κ1) is 11.6. The molecule has 17 heavy (non-hydrogen) atoms. The molecule has 3 heteroatoms. The lowest BCUT2D eigenvalue weighted by Gasteiger charge is -2.10. The number of hydrogen-bond acceptors (Lipinski definition) is 2. The van der Waals surface area contributed by atoms with Gasteiger partial charge in [-0.2, -0.15) is 0 Å². The molecule has 0 unspecified atom stereocenters. The molecule has 0 aliphatic rings. The molecule has 0 atom stereocenters. The van der Waals surface area contributed by atoms with E-state index in [2.05, 4.69) is 0 Å². The van der Waals surface area contributed by atoms with Gasteiger partial charge in [0.15, 0.2) is 5.78 Å². The third kappa shape index (κ3) is 2.28. The Morgan fingerprint density at radius 1 is 1.18 bits per heavy atom. The minimum Gasteiger partial charge on any atom is -0.490 e. The average molecular weight is 232 g/mol. The Labute approximate surface area is 99.0 Å². The molecule has 0 saturated heterocycles. The van der Waals surface area contributed by atoms with Crippen molar-refractivity contribution in [2.45, 2.75) is 6.92 Å². The van der Waals surface area contributed by atoms with Gasteiger partial charge in [-0.25, -0.2) is 4.39 Å². The first-order valence-corrected chi connectivity index (χ1v) is 5.45. The number of benzene rings is 2. The smallest absolute Gasteiger partial charge is 0.160 e. The van der Waals surface area contributed by atoms with Crippen molar-refractivity contribution in [3.63, 3.8) is 0 Å². The Balaban J connectivity index is 2.58. The molecule has 0 bridgehead atoms. The maximum Gasteiger partial charge on any atom is 0.160 e. The molecule has 0 radical (unpaired) electrons. The van der Waals surface area contributed by atoms with E-state index in [0.29, 0.717) is 11.3 Å². The molecule has 0 aliphatic heterocycles. The number of carbonyl (C=O) groups excluding carboxylic acids is 1. The number of alkyl halides is 1. The van der Waals surface area contributed by atoms with E-state index in [-0.39, 0.29) is 12.4 Å². The molecular weight excluding hydrogens is 219 g/mol. The van der Waals surface area contributed by atoms with Crippen LogP contribution in [0.4, 0.5) is 4.39 Å². The van der Waals surface area contributed by atoms with Crippen molar-refractivity contribution in [3.05, 3.63) is 42.0 Å². The maximum atomic E-state index is 12.1. The van der Waals surface area contributed by atoms with Gasteiger partial charge in [0.05, 0.1) is 0 Å². The van der Waals surface area contributed by atoms with E-state index in [1.807, 2.05) is 24.3 Å². The first-order valence-electron chi connectivity index (χ1n) is 5.45. The summed E-state index contributed by atoms with van der Waals surface area (Å²) in [6.07, 6.45) is 0. The predicted molar refractivity (Wildman–Crippen MR) is 65.4 cm³/mol. The van der Waals surface area contributed by atoms with Gasteiger partial charge in [-0.3, -0.25) is 4.79 Å². The van der Waals surface area contributed by atoms with E-state index in [4.69, 9.17) is 4.74 Å². The molecule has 2 aromatic rings. The number of ketones is 1.